The van der Waals surface area contributed by atoms with E-state index in [2.05, 4.69) is 5.32 Å². The number of benzene rings is 1. The van der Waals surface area contributed by atoms with Crippen molar-refractivity contribution in [3.8, 4) is 0 Å². The fraction of sp³-hybridized carbons (Fsp3) is 0.538. The quantitative estimate of drug-likeness (QED) is 0.766. The van der Waals surface area contributed by atoms with Crippen LogP contribution in [0.5, 0.6) is 0 Å². The van der Waals surface area contributed by atoms with Gasteiger partial charge in [0.2, 0.25) is 0 Å². The van der Waals surface area contributed by atoms with Gasteiger partial charge in [0.15, 0.2) is 0 Å². The van der Waals surface area contributed by atoms with Crippen molar-refractivity contribution in [3.05, 3.63) is 34.9 Å². The molecule has 1 aliphatic rings. The third-order valence-electron chi connectivity index (χ3n) is 3.46. The zero-order valence-corrected chi connectivity index (χ0v) is 10.4. The molecule has 1 saturated heterocycles. The number of halogens is 6. The van der Waals surface area contributed by atoms with Crippen LogP contribution >= 0.6 is 0 Å². The van der Waals surface area contributed by atoms with Crippen molar-refractivity contribution in [2.45, 2.75) is 31.1 Å². The molecule has 1 nitrogen and oxygen atoms in total. The Morgan fingerprint density at radius 1 is 0.850 bits per heavy atom. The van der Waals surface area contributed by atoms with Gasteiger partial charge < -0.3 is 5.32 Å². The van der Waals surface area contributed by atoms with Crippen molar-refractivity contribution in [2.24, 2.45) is 0 Å². The summed E-state index contributed by atoms with van der Waals surface area (Å²) in [6, 6.07) is 2.35. The monoisotopic (exact) mass is 297 g/mol. The molecular formula is C13H13F6N. The van der Waals surface area contributed by atoms with E-state index in [0.717, 1.165) is 6.07 Å². The molecule has 0 saturated carbocycles. The Kier molecular flexibility index (Phi) is 4.00. The first-order chi connectivity index (χ1) is 9.19. The lowest BCUT2D eigenvalue weighted by molar-refractivity contribution is -0.162. The topological polar surface area (TPSA) is 12.0 Å². The van der Waals surface area contributed by atoms with Crippen LogP contribution in [-0.4, -0.2) is 13.1 Å². The van der Waals surface area contributed by atoms with Crippen molar-refractivity contribution in [1.82, 2.24) is 5.32 Å². The number of hydrogen-bond acceptors (Lipinski definition) is 1. The molecule has 1 N–H and O–H groups in total. The zero-order chi connectivity index (χ0) is 15.0. The maximum Gasteiger partial charge on any atom is 0.417 e. The molecule has 0 aliphatic carbocycles. The largest absolute Gasteiger partial charge is 0.417 e. The molecule has 2 rings (SSSR count). The summed E-state index contributed by atoms with van der Waals surface area (Å²) in [6.07, 6.45) is -8.75. The van der Waals surface area contributed by atoms with Crippen LogP contribution in [0.3, 0.4) is 0 Å². The van der Waals surface area contributed by atoms with Gasteiger partial charge in [-0.1, -0.05) is 6.07 Å². The lowest BCUT2D eigenvalue weighted by Gasteiger charge is -2.24. The lowest BCUT2D eigenvalue weighted by Crippen LogP contribution is -2.27. The standard InChI is InChI=1S/C13H13F6N/c14-12(15,16)10-2-1-9(7-11(10)13(17,18)19)8-3-5-20-6-4-8/h1-2,7-8,20H,3-6H2. The fourth-order valence-electron chi connectivity index (χ4n) is 2.45. The fourth-order valence-corrected chi connectivity index (χ4v) is 2.45. The first-order valence-electron chi connectivity index (χ1n) is 6.18. The number of hydrogen-bond donors (Lipinski definition) is 1. The molecule has 0 amide bonds. The van der Waals surface area contributed by atoms with Crippen molar-refractivity contribution in [2.75, 3.05) is 13.1 Å². The van der Waals surface area contributed by atoms with E-state index in [1.165, 1.54) is 0 Å². The van der Waals surface area contributed by atoms with E-state index in [4.69, 9.17) is 0 Å². The summed E-state index contributed by atoms with van der Waals surface area (Å²) in [6.45, 7) is 1.32. The van der Waals surface area contributed by atoms with Gasteiger partial charge in [-0.3, -0.25) is 0 Å². The summed E-state index contributed by atoms with van der Waals surface area (Å²) in [5.41, 5.74) is -2.89. The Bertz CT molecular complexity index is 471. The Morgan fingerprint density at radius 3 is 1.90 bits per heavy atom. The van der Waals surface area contributed by atoms with Gasteiger partial charge in [-0.2, -0.15) is 26.3 Å². The molecule has 1 aliphatic heterocycles. The van der Waals surface area contributed by atoms with Crippen LogP contribution in [0, 0.1) is 0 Å². The second-order valence-electron chi connectivity index (χ2n) is 4.82. The predicted molar refractivity (Wildman–Crippen MR) is 61.3 cm³/mol. The van der Waals surface area contributed by atoms with Gasteiger partial charge in [0.1, 0.15) is 0 Å². The van der Waals surface area contributed by atoms with Gasteiger partial charge in [-0.15, -0.1) is 0 Å². The van der Waals surface area contributed by atoms with Crippen molar-refractivity contribution < 1.29 is 26.3 Å². The zero-order valence-electron chi connectivity index (χ0n) is 10.4. The second kappa shape index (κ2) is 5.27. The van der Waals surface area contributed by atoms with Crippen LogP contribution in [0.1, 0.15) is 35.4 Å². The third kappa shape index (κ3) is 3.26. The van der Waals surface area contributed by atoms with Crippen LogP contribution in [0.15, 0.2) is 18.2 Å². The first kappa shape index (κ1) is 15.2. The Balaban J connectivity index is 2.43. The number of nitrogens with one attached hydrogen (secondary N) is 1. The molecular weight excluding hydrogens is 284 g/mol. The van der Waals surface area contributed by atoms with Gasteiger partial charge in [-0.05, 0) is 49.5 Å². The molecule has 0 radical (unpaired) electrons. The minimum absolute atomic E-state index is 0.125. The Labute approximate surface area is 112 Å². The smallest absolute Gasteiger partial charge is 0.317 e. The maximum absolute atomic E-state index is 12.8. The highest BCUT2D eigenvalue weighted by atomic mass is 19.4. The average Bonchev–Trinajstić information content (AvgIpc) is 2.37. The molecule has 1 fully saturated rings. The SMILES string of the molecule is FC(F)(F)c1ccc(C2CCNCC2)cc1C(F)(F)F. The normalized spacial score (nSPS) is 18.3. The summed E-state index contributed by atoms with van der Waals surface area (Å²) in [4.78, 5) is 0. The molecule has 1 heterocycles. The van der Waals surface area contributed by atoms with Gasteiger partial charge >= 0.3 is 12.4 Å². The Hall–Kier alpha value is -1.24. The van der Waals surface area contributed by atoms with Crippen LogP contribution in [0.25, 0.3) is 0 Å². The summed E-state index contributed by atoms with van der Waals surface area (Å²) in [5.74, 6) is -0.125. The van der Waals surface area contributed by atoms with Crippen molar-refractivity contribution in [3.63, 3.8) is 0 Å². The van der Waals surface area contributed by atoms with Gasteiger partial charge in [0.05, 0.1) is 11.1 Å². The molecule has 0 unspecified atom stereocenters. The predicted octanol–water partition coefficient (Wildman–Crippen LogP) is 4.19. The maximum atomic E-state index is 12.8. The van der Waals surface area contributed by atoms with E-state index in [0.29, 0.717) is 43.6 Å². The van der Waals surface area contributed by atoms with Crippen LogP contribution < -0.4 is 5.32 Å². The first-order valence-corrected chi connectivity index (χ1v) is 6.18. The van der Waals surface area contributed by atoms with E-state index in [1.807, 2.05) is 0 Å². The van der Waals surface area contributed by atoms with Crippen LogP contribution in [-0.2, 0) is 12.4 Å². The molecule has 20 heavy (non-hydrogen) atoms. The molecule has 0 bridgehead atoms. The number of piperidine rings is 1. The van der Waals surface area contributed by atoms with Gasteiger partial charge in [-0.25, -0.2) is 0 Å². The molecule has 0 aromatic heterocycles. The van der Waals surface area contributed by atoms with Crippen LogP contribution in [0.4, 0.5) is 26.3 Å². The van der Waals surface area contributed by atoms with Crippen molar-refractivity contribution >= 4 is 0 Å². The minimum atomic E-state index is -5.01. The van der Waals surface area contributed by atoms with Crippen LogP contribution in [0.2, 0.25) is 0 Å². The molecule has 1 aromatic rings. The van der Waals surface area contributed by atoms with Gasteiger partial charge in [0, 0.05) is 0 Å². The molecule has 1 aromatic carbocycles. The molecule has 7 heteroatoms. The van der Waals surface area contributed by atoms with E-state index >= 15 is 0 Å². The summed E-state index contributed by atoms with van der Waals surface area (Å²) < 4.78 is 76.4. The highest BCUT2D eigenvalue weighted by Gasteiger charge is 2.43. The number of rotatable bonds is 1. The van der Waals surface area contributed by atoms with E-state index in [1.54, 1.807) is 0 Å². The van der Waals surface area contributed by atoms with E-state index < -0.39 is 23.5 Å². The average molecular weight is 297 g/mol. The minimum Gasteiger partial charge on any atom is -0.317 e. The number of alkyl halides is 6. The highest BCUT2D eigenvalue weighted by molar-refractivity contribution is 5.37. The van der Waals surface area contributed by atoms with E-state index in [-0.39, 0.29) is 5.92 Å². The summed E-state index contributed by atoms with van der Waals surface area (Å²) in [5, 5.41) is 3.06. The lowest BCUT2D eigenvalue weighted by atomic mass is 9.88. The molecule has 112 valence electrons. The molecule has 0 spiro atoms. The summed E-state index contributed by atoms with van der Waals surface area (Å²) in [7, 11) is 0. The van der Waals surface area contributed by atoms with Gasteiger partial charge in [0.25, 0.3) is 0 Å². The third-order valence-corrected chi connectivity index (χ3v) is 3.46. The Morgan fingerprint density at radius 2 is 1.40 bits per heavy atom. The van der Waals surface area contributed by atoms with Crippen molar-refractivity contribution in [1.29, 1.82) is 0 Å². The van der Waals surface area contributed by atoms with E-state index in [9.17, 15) is 26.3 Å². The molecule has 0 atom stereocenters. The highest BCUT2D eigenvalue weighted by Crippen LogP contribution is 2.42. The summed E-state index contributed by atoms with van der Waals surface area (Å²) >= 11 is 0. The second-order valence-corrected chi connectivity index (χ2v) is 4.82.